The molecular formula is C14H24O3. The molecule has 0 radical (unpaired) electrons. The summed E-state index contributed by atoms with van der Waals surface area (Å²) in [7, 11) is 0. The summed E-state index contributed by atoms with van der Waals surface area (Å²) >= 11 is 0. The Morgan fingerprint density at radius 1 is 1.06 bits per heavy atom. The van der Waals surface area contributed by atoms with Gasteiger partial charge in [-0.25, -0.2) is 0 Å². The van der Waals surface area contributed by atoms with Gasteiger partial charge in [0, 0.05) is 12.8 Å². The quantitative estimate of drug-likeness (QED) is 0.748. The first-order valence-electron chi connectivity index (χ1n) is 7.04. The fraction of sp³-hybridized carbons (Fsp3) is 0.857. The SMILES string of the molecule is CCCCCC[C@@H]1OC2=C(CCCC2)OC1O. The van der Waals surface area contributed by atoms with E-state index >= 15 is 0 Å². The highest BCUT2D eigenvalue weighted by atomic mass is 16.7. The second-order valence-electron chi connectivity index (χ2n) is 5.07. The molecule has 2 atom stereocenters. The van der Waals surface area contributed by atoms with E-state index in [1.54, 1.807) is 0 Å². The number of rotatable bonds is 5. The van der Waals surface area contributed by atoms with Crippen molar-refractivity contribution in [3.05, 3.63) is 11.5 Å². The number of unbranched alkanes of at least 4 members (excludes halogenated alkanes) is 3. The van der Waals surface area contributed by atoms with Crippen LogP contribution in [0.15, 0.2) is 11.5 Å². The van der Waals surface area contributed by atoms with Crippen LogP contribution in [0.3, 0.4) is 0 Å². The van der Waals surface area contributed by atoms with Gasteiger partial charge in [-0.3, -0.25) is 0 Å². The highest BCUT2D eigenvalue weighted by molar-refractivity contribution is 5.08. The molecule has 1 aliphatic carbocycles. The second-order valence-corrected chi connectivity index (χ2v) is 5.07. The molecule has 3 heteroatoms. The van der Waals surface area contributed by atoms with Gasteiger partial charge < -0.3 is 14.6 Å². The Bertz CT molecular complexity index is 273. The molecule has 3 nitrogen and oxygen atoms in total. The molecule has 0 amide bonds. The highest BCUT2D eigenvalue weighted by Gasteiger charge is 2.32. The molecule has 1 aliphatic heterocycles. The maximum Gasteiger partial charge on any atom is 0.234 e. The van der Waals surface area contributed by atoms with Crippen molar-refractivity contribution >= 4 is 0 Å². The topological polar surface area (TPSA) is 38.7 Å². The summed E-state index contributed by atoms with van der Waals surface area (Å²) in [6.07, 6.45) is 9.06. The van der Waals surface area contributed by atoms with Crippen molar-refractivity contribution in [2.75, 3.05) is 0 Å². The number of hydrogen-bond donors (Lipinski definition) is 1. The van der Waals surface area contributed by atoms with Gasteiger partial charge in [0.2, 0.25) is 6.29 Å². The molecule has 1 unspecified atom stereocenters. The molecular weight excluding hydrogens is 216 g/mol. The average Bonchev–Trinajstić information content (AvgIpc) is 2.35. The maximum absolute atomic E-state index is 9.88. The van der Waals surface area contributed by atoms with Crippen molar-refractivity contribution in [3.8, 4) is 0 Å². The summed E-state index contributed by atoms with van der Waals surface area (Å²) < 4.78 is 11.5. The van der Waals surface area contributed by atoms with Gasteiger partial charge >= 0.3 is 0 Å². The van der Waals surface area contributed by atoms with Crippen molar-refractivity contribution in [3.63, 3.8) is 0 Å². The molecule has 0 aromatic heterocycles. The molecule has 0 aromatic rings. The minimum absolute atomic E-state index is 0.149. The smallest absolute Gasteiger partial charge is 0.234 e. The lowest BCUT2D eigenvalue weighted by Gasteiger charge is -2.34. The zero-order valence-electron chi connectivity index (χ0n) is 10.8. The fourth-order valence-electron chi connectivity index (χ4n) is 2.54. The van der Waals surface area contributed by atoms with Gasteiger partial charge in [-0.2, -0.15) is 0 Å². The third-order valence-electron chi connectivity index (χ3n) is 3.59. The van der Waals surface area contributed by atoms with E-state index < -0.39 is 6.29 Å². The van der Waals surface area contributed by atoms with Crippen LogP contribution in [0.25, 0.3) is 0 Å². The minimum atomic E-state index is -0.756. The summed E-state index contributed by atoms with van der Waals surface area (Å²) in [6.45, 7) is 2.20. The molecule has 1 heterocycles. The number of aliphatic hydroxyl groups excluding tert-OH is 1. The first kappa shape index (κ1) is 12.7. The van der Waals surface area contributed by atoms with E-state index in [-0.39, 0.29) is 6.10 Å². The second kappa shape index (κ2) is 6.29. The molecule has 0 fully saturated rings. The van der Waals surface area contributed by atoms with Crippen molar-refractivity contribution in [1.82, 2.24) is 0 Å². The molecule has 0 spiro atoms. The summed E-state index contributed by atoms with van der Waals surface area (Å²) in [5.41, 5.74) is 0. The number of aliphatic hydroxyl groups is 1. The first-order chi connectivity index (χ1) is 8.31. The number of hydrogen-bond acceptors (Lipinski definition) is 3. The van der Waals surface area contributed by atoms with Crippen molar-refractivity contribution in [2.24, 2.45) is 0 Å². The Morgan fingerprint density at radius 2 is 1.76 bits per heavy atom. The lowest BCUT2D eigenvalue weighted by molar-refractivity contribution is -0.179. The van der Waals surface area contributed by atoms with Crippen LogP contribution in [-0.2, 0) is 9.47 Å². The Hall–Kier alpha value is -0.700. The molecule has 0 bridgehead atoms. The molecule has 2 rings (SSSR count). The third-order valence-corrected chi connectivity index (χ3v) is 3.59. The van der Waals surface area contributed by atoms with Crippen LogP contribution in [0.2, 0.25) is 0 Å². The molecule has 98 valence electrons. The van der Waals surface area contributed by atoms with Crippen LogP contribution in [0, 0.1) is 0 Å². The lowest BCUT2D eigenvalue weighted by atomic mass is 10.0. The fourth-order valence-corrected chi connectivity index (χ4v) is 2.54. The highest BCUT2D eigenvalue weighted by Crippen LogP contribution is 2.34. The zero-order valence-corrected chi connectivity index (χ0v) is 10.8. The summed E-state index contributed by atoms with van der Waals surface area (Å²) in [6, 6.07) is 0. The van der Waals surface area contributed by atoms with E-state index in [9.17, 15) is 5.11 Å². The first-order valence-corrected chi connectivity index (χ1v) is 7.04. The summed E-state index contributed by atoms with van der Waals surface area (Å²) in [5, 5.41) is 9.88. The number of ether oxygens (including phenoxy) is 2. The standard InChI is InChI=1S/C14H24O3/c1-2-3-4-5-10-13-14(15)17-12-9-7-6-8-11(12)16-13/h13-15H,2-10H2,1H3/t13-,14?/m0/s1. The van der Waals surface area contributed by atoms with Gasteiger partial charge in [0.15, 0.2) is 6.10 Å². The van der Waals surface area contributed by atoms with Gasteiger partial charge in [-0.1, -0.05) is 26.2 Å². The van der Waals surface area contributed by atoms with Gasteiger partial charge in [-0.15, -0.1) is 0 Å². The summed E-state index contributed by atoms with van der Waals surface area (Å²) in [5.74, 6) is 1.90. The van der Waals surface area contributed by atoms with Crippen molar-refractivity contribution in [1.29, 1.82) is 0 Å². The van der Waals surface area contributed by atoms with Crippen molar-refractivity contribution < 1.29 is 14.6 Å². The molecule has 17 heavy (non-hydrogen) atoms. The Morgan fingerprint density at radius 3 is 2.47 bits per heavy atom. The van der Waals surface area contributed by atoms with E-state index in [1.807, 2.05) is 0 Å². The molecule has 0 aromatic carbocycles. The Labute approximate surface area is 104 Å². The van der Waals surface area contributed by atoms with Crippen LogP contribution >= 0.6 is 0 Å². The largest absolute Gasteiger partial charge is 0.485 e. The van der Waals surface area contributed by atoms with Crippen molar-refractivity contribution in [2.45, 2.75) is 77.1 Å². The van der Waals surface area contributed by atoms with E-state index in [0.29, 0.717) is 0 Å². The minimum Gasteiger partial charge on any atom is -0.485 e. The Kier molecular flexibility index (Phi) is 4.72. The average molecular weight is 240 g/mol. The normalized spacial score (nSPS) is 28.4. The van der Waals surface area contributed by atoms with Crippen LogP contribution < -0.4 is 0 Å². The van der Waals surface area contributed by atoms with Gasteiger partial charge in [0.05, 0.1) is 0 Å². The predicted octanol–water partition coefficient (Wildman–Crippen LogP) is 3.48. The maximum atomic E-state index is 9.88. The van der Waals surface area contributed by atoms with Crippen LogP contribution in [0.4, 0.5) is 0 Å². The van der Waals surface area contributed by atoms with E-state index in [0.717, 1.165) is 43.6 Å². The predicted molar refractivity (Wildman–Crippen MR) is 66.2 cm³/mol. The lowest BCUT2D eigenvalue weighted by Crippen LogP contribution is -2.36. The number of allylic oxidation sites excluding steroid dienone is 2. The Balaban J connectivity index is 1.81. The summed E-state index contributed by atoms with van der Waals surface area (Å²) in [4.78, 5) is 0. The third kappa shape index (κ3) is 3.38. The molecule has 1 N–H and O–H groups in total. The van der Waals surface area contributed by atoms with Crippen LogP contribution in [0.1, 0.15) is 64.7 Å². The van der Waals surface area contributed by atoms with Crippen LogP contribution in [-0.4, -0.2) is 17.5 Å². The van der Waals surface area contributed by atoms with E-state index in [1.165, 1.54) is 25.7 Å². The molecule has 0 saturated heterocycles. The van der Waals surface area contributed by atoms with E-state index in [2.05, 4.69) is 6.92 Å². The monoisotopic (exact) mass is 240 g/mol. The van der Waals surface area contributed by atoms with Gasteiger partial charge in [-0.05, 0) is 25.7 Å². The van der Waals surface area contributed by atoms with Crippen LogP contribution in [0.5, 0.6) is 0 Å². The molecule has 0 saturated carbocycles. The van der Waals surface area contributed by atoms with Gasteiger partial charge in [0.1, 0.15) is 11.5 Å². The molecule has 2 aliphatic rings. The van der Waals surface area contributed by atoms with Gasteiger partial charge in [0.25, 0.3) is 0 Å². The van der Waals surface area contributed by atoms with E-state index in [4.69, 9.17) is 9.47 Å². The zero-order chi connectivity index (χ0) is 12.1.